The third-order valence-corrected chi connectivity index (χ3v) is 13.7. The van der Waals surface area contributed by atoms with Gasteiger partial charge in [-0.3, -0.25) is 25.0 Å². The number of nitrogens with one attached hydrogen (secondary N) is 6. The fraction of sp³-hybridized carbons (Fsp3) is 0.362. The van der Waals surface area contributed by atoms with Gasteiger partial charge in [0.25, 0.3) is 0 Å². The zero-order valence-electron chi connectivity index (χ0n) is 47.8. The molecule has 472 valence electrons. The molecule has 2 aromatic heterocycles. The van der Waals surface area contributed by atoms with E-state index < -0.39 is 65.6 Å². The first-order valence-electron chi connectivity index (χ1n) is 26.9. The van der Waals surface area contributed by atoms with Crippen molar-refractivity contribution < 1.29 is 70.4 Å². The molecule has 4 aromatic carbocycles. The molecular weight excluding hydrogens is 1220 g/mol. The molecule has 7 N–H and O–H groups in total. The van der Waals surface area contributed by atoms with Crippen molar-refractivity contribution >= 4 is 125 Å². The molecule has 0 bridgehead atoms. The summed E-state index contributed by atoms with van der Waals surface area (Å²) in [5.41, 5.74) is 0.989. The van der Waals surface area contributed by atoms with Gasteiger partial charge in [0.1, 0.15) is 54.7 Å². The van der Waals surface area contributed by atoms with Gasteiger partial charge in [-0.1, -0.05) is 47.5 Å². The number of hydrogen-bond acceptors (Lipinski definition) is 13. The summed E-state index contributed by atoms with van der Waals surface area (Å²) >= 11 is 12.0. The van der Waals surface area contributed by atoms with E-state index in [2.05, 4.69) is 41.9 Å². The molecule has 0 spiro atoms. The summed E-state index contributed by atoms with van der Waals surface area (Å²) in [4.78, 5) is 97.4. The molecule has 6 rings (SSSR count). The van der Waals surface area contributed by atoms with E-state index >= 15 is 0 Å². The Labute approximate surface area is 523 Å². The van der Waals surface area contributed by atoms with Crippen molar-refractivity contribution in [3.63, 3.8) is 0 Å². The zero-order chi connectivity index (χ0) is 61.8. The molecular formula is C58H70Cl2F4N10O11S2. The van der Waals surface area contributed by atoms with Crippen LogP contribution in [0.4, 0.5) is 48.4 Å². The lowest BCUT2D eigenvalue weighted by atomic mass is 10.1. The number of likely N-dealkylation sites (N-methyl/N-ethyl adjacent to an activating group) is 2. The number of pyridine rings is 2. The molecule has 0 fully saturated rings. The second-order valence-electron chi connectivity index (χ2n) is 18.9. The first kappa shape index (κ1) is 73.4. The predicted octanol–water partition coefficient (Wildman–Crippen LogP) is 9.29. The van der Waals surface area contributed by atoms with Crippen molar-refractivity contribution in [2.75, 3.05) is 77.3 Å². The van der Waals surface area contributed by atoms with Gasteiger partial charge in [0.05, 0.1) is 35.3 Å². The number of ether oxygens (including phenoxy) is 3. The van der Waals surface area contributed by atoms with Crippen LogP contribution in [0.15, 0.2) is 97.3 Å². The second kappa shape index (κ2) is 38.3. The highest BCUT2D eigenvalue weighted by molar-refractivity contribution is 7.59. The van der Waals surface area contributed by atoms with Crippen LogP contribution in [0.1, 0.15) is 56.6 Å². The Morgan fingerprint density at radius 1 is 0.575 bits per heavy atom. The number of carbonyl (C=O) groups is 7. The summed E-state index contributed by atoms with van der Waals surface area (Å²) in [6, 6.07) is 18.1. The van der Waals surface area contributed by atoms with Gasteiger partial charge >= 0.3 is 30.2 Å². The van der Waals surface area contributed by atoms with Crippen molar-refractivity contribution in [1.82, 2.24) is 41.0 Å². The lowest BCUT2D eigenvalue weighted by Gasteiger charge is -2.28. The summed E-state index contributed by atoms with van der Waals surface area (Å²) in [6.45, 7) is 1.64. The van der Waals surface area contributed by atoms with Gasteiger partial charge in [0.15, 0.2) is 0 Å². The van der Waals surface area contributed by atoms with Gasteiger partial charge in [-0.15, -0.1) is 0 Å². The number of anilines is 2. The molecule has 6 aromatic rings. The molecule has 87 heavy (non-hydrogen) atoms. The van der Waals surface area contributed by atoms with E-state index in [0.717, 1.165) is 0 Å². The molecule has 8 amide bonds. The Bertz CT molecular complexity index is 3280. The van der Waals surface area contributed by atoms with Crippen LogP contribution in [0.5, 0.6) is 0 Å². The number of fused-ring (bicyclic) bond motifs is 2. The minimum atomic E-state index is -0.831. The molecule has 0 aliphatic heterocycles. The summed E-state index contributed by atoms with van der Waals surface area (Å²) in [5.74, 6) is -2.81. The minimum Gasteiger partial charge on any atom is -0.465 e. The molecule has 29 heteroatoms. The fourth-order valence-electron chi connectivity index (χ4n) is 8.23. The van der Waals surface area contributed by atoms with Crippen LogP contribution < -0.4 is 31.9 Å². The quantitative estimate of drug-likeness (QED) is 0.0110. The summed E-state index contributed by atoms with van der Waals surface area (Å²) in [6.07, 6.45) is 3.38. The maximum Gasteiger partial charge on any atom is 0.412 e. The average Bonchev–Trinajstić information content (AvgIpc) is 3.00. The molecule has 2 atom stereocenters. The molecule has 0 radical (unpaired) electrons. The SMILES string of the molecule is CCOC(=O)CNC(=O)NCCC[C@@H](COC(=O)Nc1cc2cc(F)ccc2cn1)N(C)C(=O)CCc1cccc(F)c1Cl.CN(C(=O)CCc1cccc(F)c1Cl)[C@@H](CCCNC(=O)NCCO)COC(=O)Nc1cc2cc(F)ccc2cn1.S.S. The number of aliphatic hydroxyl groups excluding tert-OH is 1. The normalized spacial score (nSPS) is 11.2. The molecule has 0 unspecified atom stereocenters. The number of aryl methyl sites for hydroxylation is 2. The van der Waals surface area contributed by atoms with Crippen LogP contribution in [0.2, 0.25) is 10.0 Å². The van der Waals surface area contributed by atoms with Gasteiger partial charge in [0, 0.05) is 69.7 Å². The number of aromatic nitrogens is 2. The van der Waals surface area contributed by atoms with Gasteiger partial charge in [-0.2, -0.15) is 27.0 Å². The third-order valence-electron chi connectivity index (χ3n) is 12.9. The van der Waals surface area contributed by atoms with Crippen molar-refractivity contribution in [2.24, 2.45) is 0 Å². The maximum atomic E-state index is 13.8. The van der Waals surface area contributed by atoms with E-state index in [1.165, 1.54) is 82.9 Å². The number of esters is 1. The van der Waals surface area contributed by atoms with Crippen molar-refractivity contribution in [3.05, 3.63) is 142 Å². The Hall–Kier alpha value is -7.85. The monoisotopic (exact) mass is 1290 g/mol. The Kier molecular flexibility index (Phi) is 32.3. The largest absolute Gasteiger partial charge is 0.465 e. The number of aliphatic hydroxyl groups is 1. The first-order chi connectivity index (χ1) is 40.7. The third kappa shape index (κ3) is 25.2. The van der Waals surface area contributed by atoms with E-state index in [1.807, 2.05) is 0 Å². The van der Waals surface area contributed by atoms with Crippen LogP contribution in [0.3, 0.4) is 0 Å². The standard InChI is InChI=1S/C30H34ClF2N5O6.C28H32ClF2N5O5.2H2S/c1-3-43-27(40)17-36-29(41)34-13-5-7-23(38(2)26(39)12-10-19-6-4-8-24(33)28(19)31)18-44-30(42)37-25-15-21-14-22(32)11-9-20(21)16-35-25;1-36(25(38)10-8-18-4-2-6-23(31)26(18)29)22(5-3-11-32-27(39)33-12-13-37)17-41-28(40)35-24-15-20-14-21(30)9-7-19(20)16-34-24;;/h4,6,8-9,11,14-16,23H,3,5,7,10,12-13,17-18H2,1-2H3,(H2,34,36,41)(H,35,37,42);2,4,6-7,9,14-16,22,37H,3,5,8,10-13,17H2,1H3,(H2,32,33,39)(H,34,35,40);2*1H2/t23-;22-;;/m00../s1. The lowest BCUT2D eigenvalue weighted by molar-refractivity contribution is -0.141. The molecule has 0 aliphatic rings. The molecule has 21 nitrogen and oxygen atoms in total. The van der Waals surface area contributed by atoms with E-state index in [-0.39, 0.29) is 139 Å². The number of halogens is 6. The molecule has 0 saturated heterocycles. The summed E-state index contributed by atoms with van der Waals surface area (Å²) in [5, 5.41) is 26.3. The van der Waals surface area contributed by atoms with E-state index in [9.17, 15) is 51.1 Å². The Morgan fingerprint density at radius 2 is 1.00 bits per heavy atom. The van der Waals surface area contributed by atoms with Crippen LogP contribution in [-0.2, 0) is 41.4 Å². The zero-order valence-corrected chi connectivity index (χ0v) is 51.3. The van der Waals surface area contributed by atoms with Gasteiger partial charge in [-0.05, 0) is 128 Å². The van der Waals surface area contributed by atoms with Gasteiger partial charge in [-0.25, -0.2) is 46.7 Å². The average molecular weight is 1290 g/mol. The second-order valence-corrected chi connectivity index (χ2v) is 19.7. The van der Waals surface area contributed by atoms with Crippen LogP contribution in [0, 0.1) is 23.3 Å². The number of nitrogens with zero attached hydrogens (tertiary/aromatic N) is 4. The topological polar surface area (TPSA) is 272 Å². The highest BCUT2D eigenvalue weighted by Gasteiger charge is 2.25. The van der Waals surface area contributed by atoms with E-state index in [1.54, 1.807) is 45.3 Å². The molecule has 2 heterocycles. The highest BCUT2D eigenvalue weighted by Crippen LogP contribution is 2.24. The number of amides is 8. The van der Waals surface area contributed by atoms with Gasteiger partial charge < -0.3 is 50.4 Å². The number of carbonyl (C=O) groups excluding carboxylic acids is 7. The smallest absolute Gasteiger partial charge is 0.412 e. The van der Waals surface area contributed by atoms with Gasteiger partial charge in [0.2, 0.25) is 11.8 Å². The highest BCUT2D eigenvalue weighted by atomic mass is 35.5. The van der Waals surface area contributed by atoms with E-state index in [0.29, 0.717) is 58.4 Å². The number of benzene rings is 4. The van der Waals surface area contributed by atoms with Crippen LogP contribution in [0.25, 0.3) is 21.5 Å². The fourth-order valence-corrected chi connectivity index (χ4v) is 8.67. The van der Waals surface area contributed by atoms with Crippen LogP contribution >= 0.6 is 50.2 Å². The predicted molar refractivity (Wildman–Crippen MR) is 332 cm³/mol. The maximum absolute atomic E-state index is 13.8. The summed E-state index contributed by atoms with van der Waals surface area (Å²) in [7, 11) is 3.13. The van der Waals surface area contributed by atoms with Crippen molar-refractivity contribution in [3.8, 4) is 0 Å². The van der Waals surface area contributed by atoms with Crippen molar-refractivity contribution in [2.45, 2.75) is 70.4 Å². The minimum absolute atomic E-state index is 0. The number of urea groups is 2. The Morgan fingerprint density at radius 3 is 1.43 bits per heavy atom. The Balaban J connectivity index is 0.000000446. The van der Waals surface area contributed by atoms with Crippen molar-refractivity contribution in [1.29, 1.82) is 0 Å². The number of rotatable bonds is 27. The van der Waals surface area contributed by atoms with Crippen LogP contribution in [-0.4, -0.2) is 146 Å². The lowest BCUT2D eigenvalue weighted by Crippen LogP contribution is -2.42. The molecule has 0 aliphatic carbocycles. The van der Waals surface area contributed by atoms with E-state index in [4.69, 9.17) is 42.5 Å². The summed E-state index contributed by atoms with van der Waals surface area (Å²) < 4.78 is 70.3. The number of hydrogen-bond donors (Lipinski definition) is 7. The first-order valence-corrected chi connectivity index (χ1v) is 27.7. The molecule has 0 saturated carbocycles.